The summed E-state index contributed by atoms with van der Waals surface area (Å²) >= 11 is 0. The van der Waals surface area contributed by atoms with Crippen LogP contribution in [-0.2, 0) is 4.74 Å². The van der Waals surface area contributed by atoms with Crippen LogP contribution in [0.25, 0.3) is 0 Å². The average molecular weight is 461 g/mol. The Morgan fingerprint density at radius 2 is 1.82 bits per heavy atom. The van der Waals surface area contributed by atoms with Crippen molar-refractivity contribution in [3.05, 3.63) is 11.6 Å². The van der Waals surface area contributed by atoms with Crippen LogP contribution in [0, 0.1) is 46.3 Å². The predicted molar refractivity (Wildman–Crippen MR) is 136 cm³/mol. The van der Waals surface area contributed by atoms with Gasteiger partial charge in [-0.2, -0.15) is 0 Å². The lowest BCUT2D eigenvalue weighted by molar-refractivity contribution is -0.0746. The van der Waals surface area contributed by atoms with Gasteiger partial charge in [0.2, 0.25) is 0 Å². The van der Waals surface area contributed by atoms with Crippen LogP contribution in [0.2, 0.25) is 0 Å². The average Bonchev–Trinajstić information content (AvgIpc) is 3.14. The summed E-state index contributed by atoms with van der Waals surface area (Å²) in [5.41, 5.74) is 2.54. The Morgan fingerprint density at radius 1 is 1.03 bits per heavy atom. The fraction of sp³-hybridized carbons (Fsp3) is 0.933. The van der Waals surface area contributed by atoms with Gasteiger partial charge in [0.1, 0.15) is 6.10 Å². The van der Waals surface area contributed by atoms with Crippen LogP contribution < -0.4 is 0 Å². The minimum atomic E-state index is -0.748. The van der Waals surface area contributed by atoms with Gasteiger partial charge in [-0.15, -0.1) is 0 Å². The highest BCUT2D eigenvalue weighted by Gasteiger charge is 2.59. The molecule has 3 nitrogen and oxygen atoms in total. The molecule has 0 heterocycles. The molecule has 0 aromatic carbocycles. The highest BCUT2D eigenvalue weighted by Crippen LogP contribution is 2.67. The molecule has 0 bridgehead atoms. The molecule has 4 aliphatic carbocycles. The molecule has 0 spiro atoms. The molecule has 3 saturated carbocycles. The molecule has 3 heteroatoms. The van der Waals surface area contributed by atoms with E-state index in [1.807, 2.05) is 0 Å². The summed E-state index contributed by atoms with van der Waals surface area (Å²) in [4.78, 5) is 0. The molecule has 0 aromatic heterocycles. The van der Waals surface area contributed by atoms with Gasteiger partial charge in [-0.05, 0) is 97.7 Å². The first-order valence-corrected chi connectivity index (χ1v) is 14.3. The monoisotopic (exact) mass is 460 g/mol. The van der Waals surface area contributed by atoms with Crippen LogP contribution in [0.1, 0.15) is 105 Å². The predicted octanol–water partition coefficient (Wildman–Crippen LogP) is 6.77. The number of hydrogen-bond acceptors (Lipinski definition) is 3. The topological polar surface area (TPSA) is 49.7 Å². The number of hydrogen-bond donors (Lipinski definition) is 2. The lowest BCUT2D eigenvalue weighted by Crippen LogP contribution is -2.51. The molecule has 0 unspecified atom stereocenters. The van der Waals surface area contributed by atoms with E-state index in [9.17, 15) is 5.11 Å². The Morgan fingerprint density at radius 3 is 2.55 bits per heavy atom. The first kappa shape index (κ1) is 25.7. The van der Waals surface area contributed by atoms with E-state index in [1.165, 1.54) is 57.8 Å². The summed E-state index contributed by atoms with van der Waals surface area (Å²) < 4.78 is 5.99. The maximum atomic E-state index is 9.68. The zero-order chi connectivity index (χ0) is 23.8. The molecule has 3 fully saturated rings. The first-order valence-electron chi connectivity index (χ1n) is 14.3. The highest BCUT2D eigenvalue weighted by atomic mass is 16.5. The Balaban J connectivity index is 1.42. The van der Waals surface area contributed by atoms with Gasteiger partial charge >= 0.3 is 0 Å². The molecule has 0 aliphatic heterocycles. The van der Waals surface area contributed by atoms with Crippen molar-refractivity contribution >= 4 is 0 Å². The van der Waals surface area contributed by atoms with Gasteiger partial charge in [0.15, 0.2) is 0 Å². The van der Waals surface area contributed by atoms with Gasteiger partial charge in [0.05, 0.1) is 19.3 Å². The Kier molecular flexibility index (Phi) is 8.03. The van der Waals surface area contributed by atoms with Crippen LogP contribution >= 0.6 is 0 Å². The molecule has 4 aliphatic rings. The van der Waals surface area contributed by atoms with E-state index in [1.54, 1.807) is 5.57 Å². The Labute approximate surface area is 203 Å². The van der Waals surface area contributed by atoms with Crippen molar-refractivity contribution in [1.29, 1.82) is 0 Å². The third-order valence-corrected chi connectivity index (χ3v) is 11.0. The van der Waals surface area contributed by atoms with Crippen LogP contribution in [0.5, 0.6) is 0 Å². The van der Waals surface area contributed by atoms with Gasteiger partial charge < -0.3 is 14.9 Å². The number of aliphatic hydroxyl groups is 2. The summed E-state index contributed by atoms with van der Waals surface area (Å²) in [6, 6.07) is 0. The SMILES string of the molecule is CC(C)CCC[C@@H](C)[C@H]1CC[C@H]2[C@@H]3CC=C4C[C@@H](OC[C@H](O)CO)CC[C@]4(C)[C@H]3CC[C@]12C. The van der Waals surface area contributed by atoms with Gasteiger partial charge in [0, 0.05) is 0 Å². The van der Waals surface area contributed by atoms with Gasteiger partial charge in [-0.1, -0.05) is 65.5 Å². The minimum absolute atomic E-state index is 0.207. The zero-order valence-electron chi connectivity index (χ0n) is 22.2. The summed E-state index contributed by atoms with van der Waals surface area (Å²) in [6.07, 6.45) is 16.7. The van der Waals surface area contributed by atoms with Crippen molar-refractivity contribution in [2.45, 2.75) is 117 Å². The maximum Gasteiger partial charge on any atom is 0.100 e. The molecular formula is C30H52O3. The van der Waals surface area contributed by atoms with E-state index >= 15 is 0 Å². The van der Waals surface area contributed by atoms with Crippen molar-refractivity contribution in [3.63, 3.8) is 0 Å². The third kappa shape index (κ3) is 4.98. The van der Waals surface area contributed by atoms with E-state index in [0.717, 1.165) is 48.3 Å². The van der Waals surface area contributed by atoms with Crippen molar-refractivity contribution in [2.75, 3.05) is 13.2 Å². The number of fused-ring (bicyclic) bond motifs is 5. The van der Waals surface area contributed by atoms with Crippen LogP contribution in [0.3, 0.4) is 0 Å². The molecule has 2 N–H and O–H groups in total. The summed E-state index contributed by atoms with van der Waals surface area (Å²) in [5, 5.41) is 18.8. The normalized spacial score (nSPS) is 42.3. The molecule has 0 radical (unpaired) electrons. The molecule has 4 rings (SSSR count). The smallest absolute Gasteiger partial charge is 0.100 e. The largest absolute Gasteiger partial charge is 0.394 e. The summed E-state index contributed by atoms with van der Waals surface area (Å²) in [6.45, 7) is 12.6. The summed E-state index contributed by atoms with van der Waals surface area (Å²) in [5.74, 6) is 5.27. The van der Waals surface area contributed by atoms with Crippen molar-refractivity contribution in [1.82, 2.24) is 0 Å². The van der Waals surface area contributed by atoms with E-state index in [2.05, 4.69) is 40.7 Å². The van der Waals surface area contributed by atoms with Crippen molar-refractivity contribution in [2.24, 2.45) is 46.3 Å². The summed E-state index contributed by atoms with van der Waals surface area (Å²) in [7, 11) is 0. The second kappa shape index (κ2) is 10.3. The van der Waals surface area contributed by atoms with E-state index < -0.39 is 6.10 Å². The quantitative estimate of drug-likeness (QED) is 0.373. The van der Waals surface area contributed by atoms with Crippen LogP contribution in [-0.4, -0.2) is 35.6 Å². The molecule has 0 aromatic rings. The fourth-order valence-corrected chi connectivity index (χ4v) is 9.09. The lowest BCUT2D eigenvalue weighted by atomic mass is 9.47. The molecule has 0 saturated heterocycles. The first-order chi connectivity index (χ1) is 15.7. The number of ether oxygens (including phenoxy) is 1. The second-order valence-corrected chi connectivity index (χ2v) is 13.3. The van der Waals surface area contributed by atoms with Gasteiger partial charge in [-0.3, -0.25) is 0 Å². The van der Waals surface area contributed by atoms with E-state index in [-0.39, 0.29) is 19.3 Å². The Hall–Kier alpha value is -0.380. The molecular weight excluding hydrogens is 408 g/mol. The minimum Gasteiger partial charge on any atom is -0.394 e. The maximum absolute atomic E-state index is 9.68. The molecule has 190 valence electrons. The third-order valence-electron chi connectivity index (χ3n) is 11.0. The molecule has 0 amide bonds. The standard InChI is InChI=1S/C30H52O3/c1-20(2)7-6-8-21(3)26-11-12-27-25-10-9-22-17-24(33-19-23(32)18-31)13-15-29(22,4)28(25)14-16-30(26,27)5/h9,20-21,23-28,31-32H,6-8,10-19H2,1-5H3/t21-,23-,24+,25+,26-,27+,28+,29+,30-/m1/s1. The molecule has 33 heavy (non-hydrogen) atoms. The van der Waals surface area contributed by atoms with Crippen molar-refractivity contribution < 1.29 is 14.9 Å². The fourth-order valence-electron chi connectivity index (χ4n) is 9.09. The van der Waals surface area contributed by atoms with Crippen LogP contribution in [0.4, 0.5) is 0 Å². The number of allylic oxidation sites excluding steroid dienone is 1. The lowest BCUT2D eigenvalue weighted by Gasteiger charge is -2.58. The number of rotatable bonds is 9. The molecule has 9 atom stereocenters. The number of aliphatic hydroxyl groups excluding tert-OH is 2. The van der Waals surface area contributed by atoms with Crippen LogP contribution in [0.15, 0.2) is 11.6 Å². The second-order valence-electron chi connectivity index (χ2n) is 13.3. The van der Waals surface area contributed by atoms with E-state index in [0.29, 0.717) is 10.8 Å². The van der Waals surface area contributed by atoms with E-state index in [4.69, 9.17) is 9.84 Å². The van der Waals surface area contributed by atoms with Gasteiger partial charge in [0.25, 0.3) is 0 Å². The Bertz CT molecular complexity index is 686. The zero-order valence-corrected chi connectivity index (χ0v) is 22.2. The van der Waals surface area contributed by atoms with Gasteiger partial charge in [-0.25, -0.2) is 0 Å². The van der Waals surface area contributed by atoms with Crippen molar-refractivity contribution in [3.8, 4) is 0 Å². The highest BCUT2D eigenvalue weighted by molar-refractivity contribution is 5.25.